The number of oxazole rings is 1. The lowest BCUT2D eigenvalue weighted by atomic mass is 10.1. The first kappa shape index (κ1) is 22.7. The van der Waals surface area contributed by atoms with E-state index in [0.29, 0.717) is 41.5 Å². The molecule has 0 unspecified atom stereocenters. The van der Waals surface area contributed by atoms with Gasteiger partial charge in [0.25, 0.3) is 0 Å². The fourth-order valence-electron chi connectivity index (χ4n) is 2.83. The second-order valence-corrected chi connectivity index (χ2v) is 7.72. The topological polar surface area (TPSA) is 72.6 Å². The van der Waals surface area contributed by atoms with Crippen LogP contribution in [0.3, 0.4) is 0 Å². The van der Waals surface area contributed by atoms with Crippen LogP contribution >= 0.6 is 11.8 Å². The Morgan fingerprint density at radius 3 is 2.61 bits per heavy atom. The smallest absolute Gasteiger partial charge is 0.416 e. The monoisotopic (exact) mass is 451 g/mol. The molecule has 3 aromatic rings. The Bertz CT molecular complexity index is 1030. The van der Waals surface area contributed by atoms with Crippen LogP contribution in [0.5, 0.6) is 5.75 Å². The number of aromatic nitrogens is 1. The average Bonchev–Trinajstić information content (AvgIpc) is 3.08. The molecule has 31 heavy (non-hydrogen) atoms. The Morgan fingerprint density at radius 2 is 1.94 bits per heavy atom. The third kappa shape index (κ3) is 6.52. The maximum Gasteiger partial charge on any atom is 0.416 e. The van der Waals surface area contributed by atoms with Gasteiger partial charge in [-0.3, -0.25) is 4.79 Å². The van der Waals surface area contributed by atoms with Crippen molar-refractivity contribution < 1.29 is 32.2 Å². The number of carboxylic acids is 1. The zero-order valence-electron chi connectivity index (χ0n) is 16.6. The summed E-state index contributed by atoms with van der Waals surface area (Å²) in [5, 5.41) is 8.71. The van der Waals surface area contributed by atoms with Crippen molar-refractivity contribution in [3.05, 3.63) is 71.1 Å². The highest BCUT2D eigenvalue weighted by Gasteiger charge is 2.30. The Hall–Kier alpha value is -2.94. The molecule has 1 aromatic heterocycles. The highest BCUT2D eigenvalue weighted by molar-refractivity contribution is 7.99. The molecule has 0 amide bonds. The van der Waals surface area contributed by atoms with Crippen LogP contribution in [0.4, 0.5) is 13.2 Å². The number of ether oxygens (including phenoxy) is 1. The molecule has 1 N–H and O–H groups in total. The maximum absolute atomic E-state index is 12.7. The Kier molecular flexibility index (Phi) is 7.27. The van der Waals surface area contributed by atoms with E-state index in [-0.39, 0.29) is 11.6 Å². The number of alkyl halides is 3. The van der Waals surface area contributed by atoms with E-state index >= 15 is 0 Å². The summed E-state index contributed by atoms with van der Waals surface area (Å²) in [5.41, 5.74) is 1.38. The van der Waals surface area contributed by atoms with E-state index in [0.717, 1.165) is 17.7 Å². The van der Waals surface area contributed by atoms with Gasteiger partial charge in [0.15, 0.2) is 0 Å². The molecule has 0 atom stereocenters. The lowest BCUT2D eigenvalue weighted by Crippen LogP contribution is -2.04. The minimum atomic E-state index is -4.39. The Labute approximate surface area is 181 Å². The van der Waals surface area contributed by atoms with Crippen LogP contribution in [0.15, 0.2) is 52.9 Å². The van der Waals surface area contributed by atoms with Gasteiger partial charge in [0.2, 0.25) is 5.89 Å². The first-order valence-corrected chi connectivity index (χ1v) is 10.5. The summed E-state index contributed by atoms with van der Waals surface area (Å²) < 4.78 is 49.5. The predicted octanol–water partition coefficient (Wildman–Crippen LogP) is 5.61. The summed E-state index contributed by atoms with van der Waals surface area (Å²) >= 11 is 1.31. The minimum Gasteiger partial charge on any atom is -0.493 e. The first-order valence-electron chi connectivity index (χ1n) is 9.37. The number of thioether (sulfide) groups is 1. The number of carboxylic acid groups (broad SMARTS) is 1. The second kappa shape index (κ2) is 9.91. The summed E-state index contributed by atoms with van der Waals surface area (Å²) in [6.45, 7) is 2.09. The van der Waals surface area contributed by atoms with Gasteiger partial charge in [0, 0.05) is 17.7 Å². The lowest BCUT2D eigenvalue weighted by molar-refractivity contribution is -0.137. The number of aryl methyl sites for hydroxylation is 1. The van der Waals surface area contributed by atoms with Crippen LogP contribution in [-0.2, 0) is 23.1 Å². The van der Waals surface area contributed by atoms with Gasteiger partial charge in [0.1, 0.15) is 11.5 Å². The summed E-state index contributed by atoms with van der Waals surface area (Å²) in [5.74, 6) is 1.27. The van der Waals surface area contributed by atoms with Gasteiger partial charge in [-0.25, -0.2) is 4.98 Å². The standard InChI is InChI=1S/C22H20F3NO4S/c1-14-19(26-21(30-14)16-5-7-17(8-6-16)22(23,24)25)9-10-29-18-4-2-3-15(11-18)12-31-13-20(27)28/h2-8,11H,9-10,12-13H2,1H3,(H,27,28). The third-order valence-electron chi connectivity index (χ3n) is 4.35. The minimum absolute atomic E-state index is 0.0395. The molecular weight excluding hydrogens is 431 g/mol. The largest absolute Gasteiger partial charge is 0.493 e. The molecule has 0 bridgehead atoms. The van der Waals surface area contributed by atoms with Gasteiger partial charge >= 0.3 is 12.1 Å². The molecule has 0 radical (unpaired) electrons. The highest BCUT2D eigenvalue weighted by atomic mass is 32.2. The molecule has 2 aromatic carbocycles. The number of halogens is 3. The van der Waals surface area contributed by atoms with E-state index in [4.69, 9.17) is 14.3 Å². The van der Waals surface area contributed by atoms with Crippen molar-refractivity contribution >= 4 is 17.7 Å². The van der Waals surface area contributed by atoms with Crippen LogP contribution in [0, 0.1) is 6.92 Å². The molecule has 0 aliphatic heterocycles. The molecule has 5 nitrogen and oxygen atoms in total. The number of aliphatic carboxylic acids is 1. The van der Waals surface area contributed by atoms with Crippen molar-refractivity contribution in [3.63, 3.8) is 0 Å². The van der Waals surface area contributed by atoms with Crippen molar-refractivity contribution in [2.75, 3.05) is 12.4 Å². The van der Waals surface area contributed by atoms with Gasteiger partial charge in [-0.2, -0.15) is 13.2 Å². The van der Waals surface area contributed by atoms with E-state index in [1.165, 1.54) is 23.9 Å². The molecule has 3 rings (SSSR count). The van der Waals surface area contributed by atoms with Crippen molar-refractivity contribution in [2.45, 2.75) is 25.3 Å². The van der Waals surface area contributed by atoms with Gasteiger partial charge < -0.3 is 14.3 Å². The number of hydrogen-bond acceptors (Lipinski definition) is 5. The van der Waals surface area contributed by atoms with Crippen molar-refractivity contribution in [1.82, 2.24) is 4.98 Å². The zero-order valence-corrected chi connectivity index (χ0v) is 17.4. The van der Waals surface area contributed by atoms with Crippen LogP contribution in [0.1, 0.15) is 22.6 Å². The number of hydrogen-bond donors (Lipinski definition) is 1. The van der Waals surface area contributed by atoms with Gasteiger partial charge in [0.05, 0.1) is 23.6 Å². The third-order valence-corrected chi connectivity index (χ3v) is 5.34. The molecule has 0 aliphatic carbocycles. The maximum atomic E-state index is 12.7. The Balaban J connectivity index is 1.57. The number of rotatable bonds is 9. The predicted molar refractivity (Wildman–Crippen MR) is 111 cm³/mol. The molecule has 0 fully saturated rings. The van der Waals surface area contributed by atoms with Gasteiger partial charge in [-0.1, -0.05) is 12.1 Å². The summed E-state index contributed by atoms with van der Waals surface area (Å²) in [6, 6.07) is 12.1. The van der Waals surface area contributed by atoms with Crippen LogP contribution in [-0.4, -0.2) is 28.4 Å². The summed E-state index contributed by atoms with van der Waals surface area (Å²) in [6.07, 6.45) is -3.92. The van der Waals surface area contributed by atoms with Crippen molar-refractivity contribution in [2.24, 2.45) is 0 Å². The molecule has 9 heteroatoms. The van der Waals surface area contributed by atoms with E-state index in [1.54, 1.807) is 6.92 Å². The highest BCUT2D eigenvalue weighted by Crippen LogP contribution is 2.31. The molecule has 0 saturated heterocycles. The van der Waals surface area contributed by atoms with Gasteiger partial charge in [-0.15, -0.1) is 11.8 Å². The van der Waals surface area contributed by atoms with Crippen molar-refractivity contribution in [3.8, 4) is 17.2 Å². The Morgan fingerprint density at radius 1 is 1.19 bits per heavy atom. The molecule has 164 valence electrons. The van der Waals surface area contributed by atoms with E-state index < -0.39 is 17.7 Å². The average molecular weight is 451 g/mol. The molecular formula is C22H20F3NO4S. The fraction of sp³-hybridized carbons (Fsp3) is 0.273. The van der Waals surface area contributed by atoms with E-state index in [1.807, 2.05) is 24.3 Å². The number of nitrogens with zero attached hydrogens (tertiary/aromatic N) is 1. The summed E-state index contributed by atoms with van der Waals surface area (Å²) in [4.78, 5) is 15.0. The van der Waals surface area contributed by atoms with E-state index in [2.05, 4.69) is 4.98 Å². The van der Waals surface area contributed by atoms with Crippen LogP contribution in [0.25, 0.3) is 11.5 Å². The zero-order chi connectivity index (χ0) is 22.4. The number of benzene rings is 2. The molecule has 0 saturated carbocycles. The fourth-order valence-corrected chi connectivity index (χ4v) is 3.52. The normalized spacial score (nSPS) is 11.5. The van der Waals surface area contributed by atoms with Crippen molar-refractivity contribution in [1.29, 1.82) is 0 Å². The second-order valence-electron chi connectivity index (χ2n) is 6.73. The lowest BCUT2D eigenvalue weighted by Gasteiger charge is -2.07. The van der Waals surface area contributed by atoms with Crippen LogP contribution < -0.4 is 4.74 Å². The first-order chi connectivity index (χ1) is 14.7. The summed E-state index contributed by atoms with van der Waals surface area (Å²) in [7, 11) is 0. The van der Waals surface area contributed by atoms with E-state index in [9.17, 15) is 18.0 Å². The SMILES string of the molecule is Cc1oc(-c2ccc(C(F)(F)F)cc2)nc1CCOc1cccc(CSCC(=O)O)c1. The van der Waals surface area contributed by atoms with Crippen LogP contribution in [0.2, 0.25) is 0 Å². The quantitative estimate of drug-likeness (QED) is 0.456. The molecule has 1 heterocycles. The number of carbonyl (C=O) groups is 1. The molecule has 0 spiro atoms. The van der Waals surface area contributed by atoms with Gasteiger partial charge in [-0.05, 0) is 48.9 Å². The molecule has 0 aliphatic rings.